The summed E-state index contributed by atoms with van der Waals surface area (Å²) in [6, 6.07) is 10.2. The van der Waals surface area contributed by atoms with E-state index in [1.54, 1.807) is 29.2 Å². The zero-order chi connectivity index (χ0) is 24.4. The molecule has 1 aromatic carbocycles. The van der Waals surface area contributed by atoms with Gasteiger partial charge in [0.15, 0.2) is 0 Å². The Labute approximate surface area is 200 Å². The number of aryl methyl sites for hydroxylation is 1. The lowest BCUT2D eigenvalue weighted by Crippen LogP contribution is -2.26. The number of hydrogen-bond acceptors (Lipinski definition) is 6. The molecule has 0 aliphatic carbocycles. The highest BCUT2D eigenvalue weighted by Gasteiger charge is 2.17. The number of pyridine rings is 1. The molecule has 176 valence electrons. The molecule has 0 aliphatic heterocycles. The molecule has 10 heteroatoms. The number of benzene rings is 1. The molecule has 2 N–H and O–H groups in total. The molecule has 4 aromatic rings. The van der Waals surface area contributed by atoms with Gasteiger partial charge in [0, 0.05) is 37.1 Å². The van der Waals surface area contributed by atoms with E-state index in [1.807, 2.05) is 13.1 Å². The van der Waals surface area contributed by atoms with Gasteiger partial charge in [-0.15, -0.1) is 0 Å². The van der Waals surface area contributed by atoms with Gasteiger partial charge in [-0.2, -0.15) is 5.10 Å². The Morgan fingerprint density at radius 1 is 1.18 bits per heavy atom. The van der Waals surface area contributed by atoms with Crippen molar-refractivity contribution in [1.82, 2.24) is 24.3 Å². The van der Waals surface area contributed by atoms with Crippen LogP contribution >= 0.6 is 11.6 Å². The van der Waals surface area contributed by atoms with Gasteiger partial charge in [0.1, 0.15) is 11.6 Å². The lowest BCUT2D eigenvalue weighted by atomic mass is 10.1. The molecule has 8 nitrogen and oxygen atoms in total. The van der Waals surface area contributed by atoms with Crippen molar-refractivity contribution >= 4 is 23.4 Å². The third-order valence-corrected chi connectivity index (χ3v) is 5.76. The molecule has 1 atom stereocenters. The Morgan fingerprint density at radius 3 is 2.62 bits per heavy atom. The second-order valence-electron chi connectivity index (χ2n) is 8.16. The molecule has 34 heavy (non-hydrogen) atoms. The van der Waals surface area contributed by atoms with E-state index in [1.165, 1.54) is 28.8 Å². The summed E-state index contributed by atoms with van der Waals surface area (Å²) in [5.41, 5.74) is 2.27. The fourth-order valence-electron chi connectivity index (χ4n) is 3.56. The molecule has 3 aromatic heterocycles. The van der Waals surface area contributed by atoms with E-state index >= 15 is 0 Å². The highest BCUT2D eigenvalue weighted by Crippen LogP contribution is 2.24. The summed E-state index contributed by atoms with van der Waals surface area (Å²) < 4.78 is 16.6. The smallest absolute Gasteiger partial charge is 0.251 e. The summed E-state index contributed by atoms with van der Waals surface area (Å²) >= 11 is 5.88. The first-order chi connectivity index (χ1) is 16.3. The minimum Gasteiger partial charge on any atom is -0.394 e. The third kappa shape index (κ3) is 4.85. The summed E-state index contributed by atoms with van der Waals surface area (Å²) in [6.45, 7) is 3.78. The van der Waals surface area contributed by atoms with Gasteiger partial charge in [0.25, 0.3) is 5.56 Å². The van der Waals surface area contributed by atoms with Crippen molar-refractivity contribution in [3.63, 3.8) is 0 Å². The van der Waals surface area contributed by atoms with Crippen LogP contribution in [0.15, 0.2) is 59.7 Å². The molecule has 4 rings (SSSR count). The number of aromatic nitrogens is 5. The fraction of sp³-hybridized carbons (Fsp3) is 0.250. The predicted octanol–water partition coefficient (Wildman–Crippen LogP) is 4.28. The first-order valence-electron chi connectivity index (χ1n) is 10.7. The Balaban J connectivity index is 1.61. The number of nitrogens with zero attached hydrogens (tertiary/aromatic N) is 5. The van der Waals surface area contributed by atoms with Crippen molar-refractivity contribution in [3.05, 3.63) is 87.3 Å². The zero-order valence-corrected chi connectivity index (χ0v) is 19.7. The van der Waals surface area contributed by atoms with Crippen molar-refractivity contribution in [1.29, 1.82) is 0 Å². The van der Waals surface area contributed by atoms with Crippen molar-refractivity contribution in [2.75, 3.05) is 11.9 Å². The lowest BCUT2D eigenvalue weighted by Gasteiger charge is -2.18. The summed E-state index contributed by atoms with van der Waals surface area (Å²) in [6.07, 6.45) is 3.17. The summed E-state index contributed by atoms with van der Waals surface area (Å²) in [4.78, 5) is 21.7. The number of hydrogen-bond donors (Lipinski definition) is 2. The molecular formula is C24H24ClFN6O2. The Hall–Kier alpha value is -3.56. The number of rotatable bonds is 7. The van der Waals surface area contributed by atoms with E-state index in [4.69, 9.17) is 11.6 Å². The highest BCUT2D eigenvalue weighted by molar-refractivity contribution is 6.30. The average molecular weight is 483 g/mol. The first kappa shape index (κ1) is 23.6. The van der Waals surface area contributed by atoms with Crippen LogP contribution in [-0.4, -0.2) is 36.0 Å². The minimum absolute atomic E-state index is 0.0735. The van der Waals surface area contributed by atoms with Crippen LogP contribution < -0.4 is 10.9 Å². The largest absolute Gasteiger partial charge is 0.394 e. The molecule has 0 spiro atoms. The van der Waals surface area contributed by atoms with Crippen LogP contribution in [0.4, 0.5) is 16.2 Å². The Kier molecular flexibility index (Phi) is 6.76. The topological polar surface area (TPSA) is 97.9 Å². The van der Waals surface area contributed by atoms with Crippen LogP contribution in [0.5, 0.6) is 0 Å². The summed E-state index contributed by atoms with van der Waals surface area (Å²) in [7, 11) is 1.84. The lowest BCUT2D eigenvalue weighted by molar-refractivity contribution is 0.247. The average Bonchev–Trinajstić information content (AvgIpc) is 3.18. The van der Waals surface area contributed by atoms with Gasteiger partial charge >= 0.3 is 0 Å². The van der Waals surface area contributed by atoms with Crippen LogP contribution in [-0.2, 0) is 7.05 Å². The zero-order valence-electron chi connectivity index (χ0n) is 18.9. The minimum atomic E-state index is -0.706. The summed E-state index contributed by atoms with van der Waals surface area (Å²) in [5.74, 6) is 0.841. The Morgan fingerprint density at radius 2 is 1.97 bits per heavy atom. The van der Waals surface area contributed by atoms with Crippen LogP contribution in [0, 0.1) is 5.82 Å². The van der Waals surface area contributed by atoms with Gasteiger partial charge in [0.2, 0.25) is 5.95 Å². The monoisotopic (exact) mass is 482 g/mol. The number of halogens is 2. The molecule has 0 bridgehead atoms. The number of aliphatic hydroxyl groups excluding tert-OH is 1. The van der Waals surface area contributed by atoms with E-state index in [-0.39, 0.29) is 23.1 Å². The summed E-state index contributed by atoms with van der Waals surface area (Å²) in [5, 5.41) is 17.5. The molecule has 0 saturated carbocycles. The molecule has 0 radical (unpaired) electrons. The fourth-order valence-corrected chi connectivity index (χ4v) is 3.75. The van der Waals surface area contributed by atoms with Crippen molar-refractivity contribution in [3.8, 4) is 11.3 Å². The van der Waals surface area contributed by atoms with E-state index in [2.05, 4.69) is 34.2 Å². The normalized spacial score (nSPS) is 12.2. The molecular weight excluding hydrogens is 459 g/mol. The second-order valence-corrected chi connectivity index (χ2v) is 8.56. The van der Waals surface area contributed by atoms with E-state index in [9.17, 15) is 14.3 Å². The molecule has 0 unspecified atom stereocenters. The number of aliphatic hydroxyl groups is 1. The Bertz CT molecular complexity index is 1380. The SMILES string of the molecule is CC(C)c1cc(Nc2nccc(-c3ccn([C@H](CO)c4ccc(F)c(Cl)c4)c(=O)c3)n2)n(C)n1. The quantitative estimate of drug-likeness (QED) is 0.408. The number of anilines is 2. The van der Waals surface area contributed by atoms with Crippen molar-refractivity contribution < 1.29 is 9.50 Å². The van der Waals surface area contributed by atoms with Gasteiger partial charge in [0.05, 0.1) is 29.1 Å². The standard InChI is InChI=1S/C24H24ClFN6O2/c1-14(2)20-12-22(31(3)30-20)29-24-27-8-6-19(28-24)15-7-9-32(23(34)11-15)21(13-33)16-4-5-18(26)17(25)10-16/h4-12,14,21,33H,13H2,1-3H3,(H,27,28,29)/t21-/m1/s1. The predicted molar refractivity (Wildman–Crippen MR) is 129 cm³/mol. The molecule has 0 fully saturated rings. The maximum Gasteiger partial charge on any atom is 0.251 e. The van der Waals surface area contributed by atoms with E-state index in [0.29, 0.717) is 22.8 Å². The molecule has 0 aliphatic rings. The molecule has 0 amide bonds. The molecule has 0 saturated heterocycles. The maximum atomic E-state index is 13.5. The van der Waals surface area contributed by atoms with Crippen LogP contribution in [0.1, 0.15) is 37.1 Å². The molecule has 3 heterocycles. The first-order valence-corrected chi connectivity index (χ1v) is 11.1. The van der Waals surface area contributed by atoms with Gasteiger partial charge in [-0.1, -0.05) is 31.5 Å². The van der Waals surface area contributed by atoms with Gasteiger partial charge < -0.3 is 15.0 Å². The second kappa shape index (κ2) is 9.74. The van der Waals surface area contributed by atoms with E-state index < -0.39 is 11.9 Å². The number of nitrogens with one attached hydrogen (secondary N) is 1. The van der Waals surface area contributed by atoms with Crippen molar-refractivity contribution in [2.24, 2.45) is 7.05 Å². The van der Waals surface area contributed by atoms with Gasteiger partial charge in [-0.05, 0) is 35.7 Å². The van der Waals surface area contributed by atoms with Crippen LogP contribution in [0.25, 0.3) is 11.3 Å². The van der Waals surface area contributed by atoms with Gasteiger partial charge in [-0.25, -0.2) is 14.4 Å². The van der Waals surface area contributed by atoms with Gasteiger partial charge in [-0.3, -0.25) is 9.48 Å². The highest BCUT2D eigenvalue weighted by atomic mass is 35.5. The van der Waals surface area contributed by atoms with E-state index in [0.717, 1.165) is 11.5 Å². The van der Waals surface area contributed by atoms with Crippen molar-refractivity contribution in [2.45, 2.75) is 25.8 Å². The van der Waals surface area contributed by atoms with Crippen LogP contribution in [0.3, 0.4) is 0 Å². The maximum absolute atomic E-state index is 13.5. The van der Waals surface area contributed by atoms with Crippen LogP contribution in [0.2, 0.25) is 5.02 Å². The third-order valence-electron chi connectivity index (χ3n) is 5.47.